The Kier molecular flexibility index (Phi) is 4.74. The molecule has 2 aliphatic rings. The van der Waals surface area contributed by atoms with Crippen molar-refractivity contribution >= 4 is 22.5 Å². The van der Waals surface area contributed by atoms with Crippen LogP contribution in [0.1, 0.15) is 49.1 Å². The summed E-state index contributed by atoms with van der Waals surface area (Å²) in [5.41, 5.74) is 4.15. The highest BCUT2D eigenvalue weighted by molar-refractivity contribution is 6.10. The zero-order chi connectivity index (χ0) is 19.2. The van der Waals surface area contributed by atoms with Gasteiger partial charge in [0.1, 0.15) is 5.41 Å². The fourth-order valence-corrected chi connectivity index (χ4v) is 4.86. The summed E-state index contributed by atoms with van der Waals surface area (Å²) >= 11 is 0. The van der Waals surface area contributed by atoms with Crippen molar-refractivity contribution in [2.24, 2.45) is 0 Å². The number of ether oxygens (including phenoxy) is 2. The molecule has 2 aromatic rings. The second-order valence-corrected chi connectivity index (χ2v) is 7.69. The lowest BCUT2D eigenvalue weighted by Crippen LogP contribution is -2.46. The minimum absolute atomic E-state index is 0.0301. The number of nitrogens with zero attached hydrogens (tertiary/aromatic N) is 1. The Labute approximate surface area is 159 Å². The molecular formula is C21H28N2O4. The van der Waals surface area contributed by atoms with Crippen molar-refractivity contribution in [3.8, 4) is 0 Å². The summed E-state index contributed by atoms with van der Waals surface area (Å²) in [6.45, 7) is 3.14. The lowest BCUT2D eigenvalue weighted by molar-refractivity contribution is -0.127. The fraction of sp³-hybridized carbons (Fsp3) is 0.571. The normalized spacial score (nSPS) is 21.4. The van der Waals surface area contributed by atoms with Crippen molar-refractivity contribution in [3.63, 3.8) is 0 Å². The van der Waals surface area contributed by atoms with Gasteiger partial charge in [-0.05, 0) is 49.4 Å². The molecule has 0 fully saturated rings. The molecule has 4 rings (SSSR count). The average Bonchev–Trinajstić information content (AvgIpc) is 3.04. The Morgan fingerprint density at radius 2 is 2.00 bits per heavy atom. The number of aliphatic hydroxyl groups excluding tert-OH is 1. The standard InChI is InChI=1S/C21H28N2O4/c1-4-23-17-9-14-13-7-5-6-8-18(24)19(13)22-16(14)10-15(17)21(11-26-2,12-27-3)20(23)25/h9-10,18,22,24H,4-8,11-12H2,1-3H3. The first-order valence-electron chi connectivity index (χ1n) is 9.74. The van der Waals surface area contributed by atoms with Crippen LogP contribution in [-0.4, -0.2) is 50.0 Å². The minimum Gasteiger partial charge on any atom is -0.387 e. The Morgan fingerprint density at radius 1 is 1.26 bits per heavy atom. The molecule has 0 bridgehead atoms. The summed E-state index contributed by atoms with van der Waals surface area (Å²) in [4.78, 5) is 18.6. The predicted molar refractivity (Wildman–Crippen MR) is 104 cm³/mol. The topological polar surface area (TPSA) is 74.8 Å². The Balaban J connectivity index is 1.95. The number of anilines is 1. The molecule has 6 nitrogen and oxygen atoms in total. The SMILES string of the molecule is CCN1C(=O)C(COC)(COC)c2cc3[nH]c4c(c3cc21)CCCCC4O. The predicted octanol–water partition coefficient (Wildman–Crippen LogP) is 2.82. The zero-order valence-electron chi connectivity index (χ0n) is 16.3. The van der Waals surface area contributed by atoms with Gasteiger partial charge in [0.25, 0.3) is 0 Å². The number of aromatic nitrogens is 1. The number of likely N-dealkylation sites (N-methyl/N-ethyl adjacent to an activating group) is 1. The number of hydrogen-bond donors (Lipinski definition) is 2. The number of H-pyrrole nitrogens is 1. The van der Waals surface area contributed by atoms with Crippen LogP contribution in [0.3, 0.4) is 0 Å². The molecule has 1 aromatic carbocycles. The van der Waals surface area contributed by atoms with Crippen molar-refractivity contribution < 1.29 is 19.4 Å². The third-order valence-corrected chi connectivity index (χ3v) is 6.10. The Hall–Kier alpha value is -1.89. The highest BCUT2D eigenvalue weighted by atomic mass is 16.5. The molecule has 1 atom stereocenters. The van der Waals surface area contributed by atoms with Crippen LogP contribution in [0.15, 0.2) is 12.1 Å². The monoisotopic (exact) mass is 372 g/mol. The number of carbonyl (C=O) groups excluding carboxylic acids is 1. The lowest BCUT2D eigenvalue weighted by Gasteiger charge is -2.27. The van der Waals surface area contributed by atoms with E-state index in [1.165, 1.54) is 5.56 Å². The number of rotatable bonds is 5. The van der Waals surface area contributed by atoms with Gasteiger partial charge in [-0.25, -0.2) is 0 Å². The van der Waals surface area contributed by atoms with E-state index in [4.69, 9.17) is 9.47 Å². The minimum atomic E-state index is -0.829. The van der Waals surface area contributed by atoms with Gasteiger partial charge in [-0.15, -0.1) is 0 Å². The van der Waals surface area contributed by atoms with Crippen molar-refractivity contribution in [2.45, 2.75) is 44.1 Å². The summed E-state index contributed by atoms with van der Waals surface area (Å²) < 4.78 is 10.9. The number of aliphatic hydroxyl groups is 1. The van der Waals surface area contributed by atoms with Crippen molar-refractivity contribution in [2.75, 3.05) is 38.9 Å². The molecule has 27 heavy (non-hydrogen) atoms. The number of fused-ring (bicyclic) bond motifs is 4. The average molecular weight is 372 g/mol. The van der Waals surface area contributed by atoms with E-state index < -0.39 is 11.5 Å². The first-order valence-corrected chi connectivity index (χ1v) is 9.74. The van der Waals surface area contributed by atoms with E-state index in [0.717, 1.165) is 53.5 Å². The number of methoxy groups -OCH3 is 2. The molecule has 2 heterocycles. The maximum Gasteiger partial charge on any atom is 0.242 e. The number of aryl methyl sites for hydroxylation is 1. The van der Waals surface area contributed by atoms with Crippen molar-refractivity contribution in [1.82, 2.24) is 4.98 Å². The van der Waals surface area contributed by atoms with Crippen LogP contribution in [0.25, 0.3) is 10.9 Å². The maximum absolute atomic E-state index is 13.3. The van der Waals surface area contributed by atoms with Gasteiger partial charge < -0.3 is 24.5 Å². The largest absolute Gasteiger partial charge is 0.387 e. The van der Waals surface area contributed by atoms with Crippen LogP contribution in [0.2, 0.25) is 0 Å². The summed E-state index contributed by atoms with van der Waals surface area (Å²) in [7, 11) is 3.23. The van der Waals surface area contributed by atoms with Gasteiger partial charge >= 0.3 is 0 Å². The first-order chi connectivity index (χ1) is 13.1. The first kappa shape index (κ1) is 18.5. The number of hydrogen-bond acceptors (Lipinski definition) is 4. The highest BCUT2D eigenvalue weighted by Crippen LogP contribution is 2.46. The van der Waals surface area contributed by atoms with E-state index >= 15 is 0 Å². The van der Waals surface area contributed by atoms with Crippen LogP contribution in [-0.2, 0) is 26.1 Å². The van der Waals surface area contributed by atoms with E-state index in [9.17, 15) is 9.90 Å². The lowest BCUT2D eigenvalue weighted by atomic mass is 9.82. The number of benzene rings is 1. The second kappa shape index (κ2) is 6.93. The van der Waals surface area contributed by atoms with Gasteiger partial charge in [-0.2, -0.15) is 0 Å². The van der Waals surface area contributed by atoms with Crippen LogP contribution >= 0.6 is 0 Å². The molecule has 0 saturated carbocycles. The highest BCUT2D eigenvalue weighted by Gasteiger charge is 2.51. The molecule has 1 aromatic heterocycles. The number of amides is 1. The van der Waals surface area contributed by atoms with E-state index in [2.05, 4.69) is 17.1 Å². The molecule has 1 amide bonds. The van der Waals surface area contributed by atoms with Gasteiger partial charge in [-0.1, -0.05) is 6.42 Å². The molecule has 2 N–H and O–H groups in total. The Morgan fingerprint density at radius 3 is 2.67 bits per heavy atom. The van der Waals surface area contributed by atoms with Crippen LogP contribution < -0.4 is 4.90 Å². The summed E-state index contributed by atoms with van der Waals surface area (Å²) in [5, 5.41) is 11.6. The number of aromatic amines is 1. The summed E-state index contributed by atoms with van der Waals surface area (Å²) in [5.74, 6) is 0.0301. The summed E-state index contributed by atoms with van der Waals surface area (Å²) in [6.07, 6.45) is 3.39. The quantitative estimate of drug-likeness (QED) is 0.792. The Bertz CT molecular complexity index is 867. The van der Waals surface area contributed by atoms with Crippen LogP contribution in [0.4, 0.5) is 5.69 Å². The van der Waals surface area contributed by atoms with Gasteiger partial charge in [0.05, 0.1) is 19.3 Å². The molecule has 0 saturated heterocycles. The summed E-state index contributed by atoms with van der Waals surface area (Å²) in [6, 6.07) is 4.18. The molecule has 146 valence electrons. The molecule has 1 aliphatic heterocycles. The van der Waals surface area contributed by atoms with Crippen LogP contribution in [0.5, 0.6) is 0 Å². The van der Waals surface area contributed by atoms with Gasteiger partial charge in [-0.3, -0.25) is 4.79 Å². The van der Waals surface area contributed by atoms with Gasteiger partial charge in [0, 0.05) is 43.0 Å². The van der Waals surface area contributed by atoms with Gasteiger partial charge in [0.2, 0.25) is 5.91 Å². The molecular weight excluding hydrogens is 344 g/mol. The van der Waals surface area contributed by atoms with E-state index in [-0.39, 0.29) is 19.1 Å². The molecule has 1 unspecified atom stereocenters. The van der Waals surface area contributed by atoms with Crippen LogP contribution in [0, 0.1) is 0 Å². The van der Waals surface area contributed by atoms with Crippen molar-refractivity contribution in [1.29, 1.82) is 0 Å². The maximum atomic E-state index is 13.3. The van der Waals surface area contributed by atoms with Gasteiger partial charge in [0.15, 0.2) is 0 Å². The second-order valence-electron chi connectivity index (χ2n) is 7.69. The van der Waals surface area contributed by atoms with E-state index in [1.807, 2.05) is 11.8 Å². The number of carbonyl (C=O) groups is 1. The molecule has 6 heteroatoms. The van der Waals surface area contributed by atoms with Crippen molar-refractivity contribution in [3.05, 3.63) is 29.0 Å². The third kappa shape index (κ3) is 2.62. The molecule has 0 radical (unpaired) electrons. The molecule has 0 spiro atoms. The molecule has 1 aliphatic carbocycles. The number of nitrogens with one attached hydrogen (secondary N) is 1. The smallest absolute Gasteiger partial charge is 0.242 e. The fourth-order valence-electron chi connectivity index (χ4n) is 4.86. The van der Waals surface area contributed by atoms with E-state index in [0.29, 0.717) is 6.54 Å². The third-order valence-electron chi connectivity index (χ3n) is 6.10. The van der Waals surface area contributed by atoms with E-state index in [1.54, 1.807) is 14.2 Å². The zero-order valence-corrected chi connectivity index (χ0v) is 16.3.